The Kier molecular flexibility index (Phi) is 6.28. The highest BCUT2D eigenvalue weighted by atomic mass is 16.3. The summed E-state index contributed by atoms with van der Waals surface area (Å²) in [4.78, 5) is 0. The van der Waals surface area contributed by atoms with Crippen molar-refractivity contribution >= 4 is 0 Å². The van der Waals surface area contributed by atoms with Gasteiger partial charge >= 0.3 is 0 Å². The first kappa shape index (κ1) is 25.7. The van der Waals surface area contributed by atoms with E-state index in [4.69, 9.17) is 0 Å². The predicted molar refractivity (Wildman–Crippen MR) is 136 cm³/mol. The molecule has 0 aromatic rings. The number of hydrogen-bond acceptors (Lipinski definition) is 3. The number of rotatable bonds is 5. The molecule has 1 unspecified atom stereocenters. The van der Waals surface area contributed by atoms with Gasteiger partial charge in [-0.05, 0) is 117 Å². The summed E-state index contributed by atoms with van der Waals surface area (Å²) in [6, 6.07) is 0. The Balaban J connectivity index is 1.60. The van der Waals surface area contributed by atoms with Gasteiger partial charge in [0.2, 0.25) is 0 Å². The van der Waals surface area contributed by atoms with Crippen molar-refractivity contribution in [1.29, 1.82) is 0 Å². The zero-order chi connectivity index (χ0) is 24.6. The van der Waals surface area contributed by atoms with E-state index in [0.717, 1.165) is 19.3 Å². The number of allylic oxidation sites excluding steroid dienone is 2. The molecule has 0 bridgehead atoms. The molecule has 2 fully saturated rings. The van der Waals surface area contributed by atoms with Gasteiger partial charge < -0.3 is 15.3 Å². The zero-order valence-electron chi connectivity index (χ0n) is 22.8. The highest BCUT2D eigenvalue weighted by Gasteiger charge is 2.63. The molecule has 4 aliphatic rings. The summed E-state index contributed by atoms with van der Waals surface area (Å²) in [6.07, 6.45) is 10.5. The largest absolute Gasteiger partial charge is 0.393 e. The van der Waals surface area contributed by atoms with Crippen LogP contribution in [-0.2, 0) is 0 Å². The lowest BCUT2D eigenvalue weighted by Gasteiger charge is -2.62. The Morgan fingerprint density at radius 1 is 0.909 bits per heavy atom. The van der Waals surface area contributed by atoms with E-state index in [1.165, 1.54) is 38.5 Å². The van der Waals surface area contributed by atoms with Crippen molar-refractivity contribution in [3.63, 3.8) is 0 Å². The second-order valence-corrected chi connectivity index (χ2v) is 14.5. The lowest BCUT2D eigenvalue weighted by molar-refractivity contribution is -0.0964. The maximum Gasteiger partial charge on any atom is 0.0849 e. The lowest BCUT2D eigenvalue weighted by atomic mass is 9.43. The van der Waals surface area contributed by atoms with Gasteiger partial charge in [-0.25, -0.2) is 0 Å². The Labute approximate surface area is 203 Å². The van der Waals surface area contributed by atoms with Crippen LogP contribution in [0.25, 0.3) is 0 Å². The van der Waals surface area contributed by atoms with Crippen LogP contribution in [0.1, 0.15) is 120 Å². The van der Waals surface area contributed by atoms with Gasteiger partial charge in [-0.15, -0.1) is 0 Å². The summed E-state index contributed by atoms with van der Waals surface area (Å²) < 4.78 is 0. The molecule has 0 saturated heterocycles. The second kappa shape index (κ2) is 8.07. The van der Waals surface area contributed by atoms with Gasteiger partial charge in [-0.1, -0.05) is 52.7 Å². The molecule has 0 amide bonds. The van der Waals surface area contributed by atoms with Gasteiger partial charge in [0.25, 0.3) is 0 Å². The van der Waals surface area contributed by atoms with Crippen LogP contribution in [0.5, 0.6) is 0 Å². The first-order chi connectivity index (χ1) is 15.1. The minimum atomic E-state index is -1.02. The first-order valence-electron chi connectivity index (χ1n) is 13.9. The molecule has 2 saturated carbocycles. The molecule has 0 radical (unpaired) electrons. The van der Waals surface area contributed by atoms with Crippen molar-refractivity contribution in [2.24, 2.45) is 39.4 Å². The molecule has 3 heteroatoms. The average molecular weight is 461 g/mol. The van der Waals surface area contributed by atoms with Crippen LogP contribution in [0.2, 0.25) is 0 Å². The third-order valence-corrected chi connectivity index (χ3v) is 12.2. The van der Waals surface area contributed by atoms with Crippen molar-refractivity contribution in [1.82, 2.24) is 0 Å². The molecule has 4 aliphatic carbocycles. The topological polar surface area (TPSA) is 60.7 Å². The molecule has 0 aliphatic heterocycles. The lowest BCUT2D eigenvalue weighted by Crippen LogP contribution is -2.55. The molecule has 190 valence electrons. The third kappa shape index (κ3) is 3.70. The monoisotopic (exact) mass is 460 g/mol. The van der Waals surface area contributed by atoms with E-state index >= 15 is 0 Å². The number of hydrogen-bond donors (Lipinski definition) is 3. The molecule has 0 heterocycles. The minimum Gasteiger partial charge on any atom is -0.393 e. The molecule has 33 heavy (non-hydrogen) atoms. The summed E-state index contributed by atoms with van der Waals surface area (Å²) in [5, 5.41) is 31.4. The van der Waals surface area contributed by atoms with Crippen LogP contribution in [0.4, 0.5) is 0 Å². The minimum absolute atomic E-state index is 0.00122. The predicted octanol–water partition coefficient (Wildman–Crippen LogP) is 6.64. The Hall–Kier alpha value is -0.380. The van der Waals surface area contributed by atoms with Crippen molar-refractivity contribution in [2.45, 2.75) is 137 Å². The molecule has 3 N–H and O–H groups in total. The average Bonchev–Trinajstić information content (AvgIpc) is 3.00. The fraction of sp³-hybridized carbons (Fsp3) is 0.933. The normalized spacial score (nSPS) is 44.6. The summed E-state index contributed by atoms with van der Waals surface area (Å²) in [6.45, 7) is 18.2. The fourth-order valence-corrected chi connectivity index (χ4v) is 9.60. The van der Waals surface area contributed by atoms with Crippen LogP contribution < -0.4 is 0 Å². The van der Waals surface area contributed by atoms with E-state index in [9.17, 15) is 15.3 Å². The van der Waals surface area contributed by atoms with Crippen LogP contribution >= 0.6 is 0 Å². The zero-order valence-corrected chi connectivity index (χ0v) is 22.8. The van der Waals surface area contributed by atoms with Crippen molar-refractivity contribution < 1.29 is 15.3 Å². The maximum absolute atomic E-state index is 10.8. The van der Waals surface area contributed by atoms with E-state index in [2.05, 4.69) is 41.5 Å². The summed E-state index contributed by atoms with van der Waals surface area (Å²) >= 11 is 0. The van der Waals surface area contributed by atoms with Gasteiger partial charge in [0.1, 0.15) is 0 Å². The Morgan fingerprint density at radius 2 is 1.58 bits per heavy atom. The first-order valence-corrected chi connectivity index (χ1v) is 13.9. The Morgan fingerprint density at radius 3 is 2.21 bits per heavy atom. The second-order valence-electron chi connectivity index (χ2n) is 14.5. The van der Waals surface area contributed by atoms with Gasteiger partial charge in [0, 0.05) is 0 Å². The van der Waals surface area contributed by atoms with Crippen molar-refractivity contribution in [3.8, 4) is 0 Å². The van der Waals surface area contributed by atoms with E-state index in [-0.39, 0.29) is 22.3 Å². The van der Waals surface area contributed by atoms with Gasteiger partial charge in [0.15, 0.2) is 0 Å². The van der Waals surface area contributed by atoms with Crippen LogP contribution in [-0.4, -0.2) is 33.1 Å². The van der Waals surface area contributed by atoms with Crippen LogP contribution in [0, 0.1) is 39.4 Å². The standard InChI is InChI=1S/C30H52O3/c1-19(9-12-25(32)27(4,5)33)20-13-17-30(8)22-10-11-23-26(2,3)24(31)15-16-28(23,6)21(22)14-18-29(20,30)7/h19-20,23-25,31-33H,9-18H2,1-8H3/t19-,20-,23+,24+,25?,28-,29-,30+/m1/s1. The quantitative estimate of drug-likeness (QED) is 0.403. The highest BCUT2D eigenvalue weighted by Crippen LogP contribution is 2.72. The molecule has 4 rings (SSSR count). The molecule has 3 nitrogen and oxygen atoms in total. The number of aliphatic hydroxyl groups excluding tert-OH is 2. The molecule has 0 aromatic heterocycles. The van der Waals surface area contributed by atoms with Crippen molar-refractivity contribution in [2.75, 3.05) is 0 Å². The van der Waals surface area contributed by atoms with Gasteiger partial charge in [-0.2, -0.15) is 0 Å². The van der Waals surface area contributed by atoms with Gasteiger partial charge in [-0.3, -0.25) is 0 Å². The molecule has 0 aromatic carbocycles. The summed E-state index contributed by atoms with van der Waals surface area (Å²) in [5.74, 6) is 1.83. The summed E-state index contributed by atoms with van der Waals surface area (Å²) in [7, 11) is 0. The SMILES string of the molecule is C[C@H](CCC(O)C(C)(C)O)[C@H]1CC[C@@]2(C)C3=C(CC[C@]12C)[C@@]1(C)CC[C@H](O)C(C)(C)[C@@H]1CC3. The maximum atomic E-state index is 10.8. The Bertz CT molecular complexity index is 791. The number of aliphatic hydroxyl groups is 3. The smallest absolute Gasteiger partial charge is 0.0849 e. The highest BCUT2D eigenvalue weighted by molar-refractivity contribution is 5.38. The molecule has 8 atom stereocenters. The summed E-state index contributed by atoms with van der Waals surface area (Å²) in [5.41, 5.74) is 3.41. The third-order valence-electron chi connectivity index (χ3n) is 12.2. The van der Waals surface area contributed by atoms with E-state index in [1.807, 2.05) is 0 Å². The van der Waals surface area contributed by atoms with Crippen LogP contribution in [0.3, 0.4) is 0 Å². The van der Waals surface area contributed by atoms with E-state index in [1.54, 1.807) is 25.0 Å². The molecule has 0 spiro atoms. The fourth-order valence-electron chi connectivity index (χ4n) is 9.60. The van der Waals surface area contributed by atoms with Crippen molar-refractivity contribution in [3.05, 3.63) is 11.1 Å². The van der Waals surface area contributed by atoms with E-state index in [0.29, 0.717) is 29.6 Å². The molecular weight excluding hydrogens is 408 g/mol. The van der Waals surface area contributed by atoms with E-state index < -0.39 is 11.7 Å². The van der Waals surface area contributed by atoms with Gasteiger partial charge in [0.05, 0.1) is 17.8 Å². The number of fused-ring (bicyclic) bond motifs is 4. The van der Waals surface area contributed by atoms with Crippen LogP contribution in [0.15, 0.2) is 11.1 Å². The molecular formula is C30H52O3.